The Morgan fingerprint density at radius 2 is 2.17 bits per heavy atom. The van der Waals surface area contributed by atoms with Gasteiger partial charge in [-0.2, -0.15) is 0 Å². The zero-order valence-electron chi connectivity index (χ0n) is 10.7. The number of hydrogen-bond acceptors (Lipinski definition) is 2. The minimum absolute atomic E-state index is 0.0912. The van der Waals surface area contributed by atoms with Crippen LogP contribution in [-0.2, 0) is 4.79 Å². The second-order valence-corrected chi connectivity index (χ2v) is 4.94. The molecule has 1 aliphatic heterocycles. The molecule has 1 aromatic rings. The fourth-order valence-electron chi connectivity index (χ4n) is 2.47. The summed E-state index contributed by atoms with van der Waals surface area (Å²) in [5.41, 5.74) is 2.44. The van der Waals surface area contributed by atoms with Crippen LogP contribution in [0.2, 0.25) is 0 Å². The molecule has 1 fully saturated rings. The molecule has 0 bridgehead atoms. The molecule has 0 spiro atoms. The maximum atomic E-state index is 12.3. The van der Waals surface area contributed by atoms with Gasteiger partial charge in [0.05, 0.1) is 5.92 Å². The second kappa shape index (κ2) is 4.84. The van der Waals surface area contributed by atoms with Crippen LogP contribution >= 0.6 is 0 Å². The van der Waals surface area contributed by atoms with E-state index in [0.29, 0.717) is 25.2 Å². The van der Waals surface area contributed by atoms with Crippen LogP contribution in [0.3, 0.4) is 0 Å². The first-order valence-corrected chi connectivity index (χ1v) is 6.17. The van der Waals surface area contributed by atoms with Crippen molar-refractivity contribution in [2.75, 3.05) is 13.1 Å². The van der Waals surface area contributed by atoms with Crippen molar-refractivity contribution < 1.29 is 14.7 Å². The molecule has 1 saturated heterocycles. The molecular formula is C13H18N2O3. The number of nitrogens with zero attached hydrogens (tertiary/aromatic N) is 1. The highest BCUT2D eigenvalue weighted by atomic mass is 16.4. The number of hydrogen-bond donors (Lipinski definition) is 2. The van der Waals surface area contributed by atoms with E-state index < -0.39 is 11.9 Å². The second-order valence-electron chi connectivity index (χ2n) is 4.94. The molecule has 1 atom stereocenters. The van der Waals surface area contributed by atoms with Crippen LogP contribution in [0.5, 0.6) is 0 Å². The number of rotatable bonds is 2. The lowest BCUT2D eigenvalue weighted by atomic mass is 9.98. The predicted octanol–water partition coefficient (Wildman–Crippen LogP) is 1.57. The van der Waals surface area contributed by atoms with Crippen LogP contribution in [0.4, 0.5) is 0 Å². The van der Waals surface area contributed by atoms with Gasteiger partial charge in [0, 0.05) is 18.8 Å². The van der Waals surface area contributed by atoms with Crippen molar-refractivity contribution in [3.8, 4) is 0 Å². The summed E-state index contributed by atoms with van der Waals surface area (Å²) in [6.07, 6.45) is 1.41. The highest BCUT2D eigenvalue weighted by Crippen LogP contribution is 2.20. The normalized spacial score (nSPS) is 19.9. The Morgan fingerprint density at radius 1 is 1.44 bits per heavy atom. The smallest absolute Gasteiger partial charge is 0.308 e. The third kappa shape index (κ3) is 2.39. The number of H-pyrrole nitrogens is 1. The fourth-order valence-corrected chi connectivity index (χ4v) is 2.47. The van der Waals surface area contributed by atoms with Crippen LogP contribution in [0.15, 0.2) is 6.07 Å². The number of aromatic nitrogens is 1. The Kier molecular flexibility index (Phi) is 3.41. The highest BCUT2D eigenvalue weighted by molar-refractivity contribution is 5.94. The van der Waals surface area contributed by atoms with Crippen molar-refractivity contribution in [3.05, 3.63) is 23.0 Å². The van der Waals surface area contributed by atoms with E-state index in [9.17, 15) is 9.59 Å². The number of carbonyl (C=O) groups excluding carboxylic acids is 1. The molecule has 2 rings (SSSR count). The van der Waals surface area contributed by atoms with Gasteiger partial charge in [0.1, 0.15) is 5.69 Å². The molecule has 0 aromatic carbocycles. The summed E-state index contributed by atoms with van der Waals surface area (Å²) in [5, 5.41) is 9.02. The number of aromatic amines is 1. The number of aryl methyl sites for hydroxylation is 2. The van der Waals surface area contributed by atoms with Gasteiger partial charge in [-0.05, 0) is 38.3 Å². The Balaban J connectivity index is 2.14. The monoisotopic (exact) mass is 250 g/mol. The summed E-state index contributed by atoms with van der Waals surface area (Å²) < 4.78 is 0. The lowest BCUT2D eigenvalue weighted by Crippen LogP contribution is -2.42. The number of aliphatic carboxylic acids is 1. The zero-order chi connectivity index (χ0) is 13.3. The lowest BCUT2D eigenvalue weighted by Gasteiger charge is -2.30. The fraction of sp³-hybridized carbons (Fsp3) is 0.538. The van der Waals surface area contributed by atoms with Crippen LogP contribution in [-0.4, -0.2) is 40.0 Å². The van der Waals surface area contributed by atoms with E-state index in [0.717, 1.165) is 17.7 Å². The summed E-state index contributed by atoms with van der Waals surface area (Å²) in [5.74, 6) is -1.34. The third-order valence-electron chi connectivity index (χ3n) is 3.42. The molecule has 0 radical (unpaired) electrons. The molecule has 2 N–H and O–H groups in total. The Morgan fingerprint density at radius 3 is 2.72 bits per heavy atom. The van der Waals surface area contributed by atoms with E-state index >= 15 is 0 Å². The predicted molar refractivity (Wildman–Crippen MR) is 66.5 cm³/mol. The van der Waals surface area contributed by atoms with Crippen LogP contribution in [0.25, 0.3) is 0 Å². The lowest BCUT2D eigenvalue weighted by molar-refractivity contribution is -0.143. The van der Waals surface area contributed by atoms with Crippen molar-refractivity contribution in [3.63, 3.8) is 0 Å². The largest absolute Gasteiger partial charge is 0.481 e. The first-order chi connectivity index (χ1) is 8.49. The van der Waals surface area contributed by atoms with E-state index in [4.69, 9.17) is 5.11 Å². The maximum Gasteiger partial charge on any atom is 0.308 e. The SMILES string of the molecule is Cc1cc(C)c(C(=O)N2CCC[C@@H](C(=O)O)C2)[nH]1. The molecule has 1 aromatic heterocycles. The van der Waals surface area contributed by atoms with E-state index in [1.807, 2.05) is 19.9 Å². The molecule has 0 aliphatic carbocycles. The molecule has 1 aliphatic rings. The summed E-state index contributed by atoms with van der Waals surface area (Å²) in [7, 11) is 0. The summed E-state index contributed by atoms with van der Waals surface area (Å²) >= 11 is 0. The number of piperidine rings is 1. The van der Waals surface area contributed by atoms with Gasteiger partial charge in [0.15, 0.2) is 0 Å². The first kappa shape index (κ1) is 12.7. The van der Waals surface area contributed by atoms with Crippen molar-refractivity contribution in [2.45, 2.75) is 26.7 Å². The van der Waals surface area contributed by atoms with Crippen molar-refractivity contribution in [2.24, 2.45) is 5.92 Å². The Labute approximate surface area is 106 Å². The van der Waals surface area contributed by atoms with Gasteiger partial charge >= 0.3 is 5.97 Å². The van der Waals surface area contributed by atoms with Crippen LogP contribution < -0.4 is 0 Å². The zero-order valence-corrected chi connectivity index (χ0v) is 10.7. The molecule has 0 unspecified atom stereocenters. The molecule has 18 heavy (non-hydrogen) atoms. The quantitative estimate of drug-likeness (QED) is 0.836. The van der Waals surface area contributed by atoms with Gasteiger partial charge in [-0.25, -0.2) is 0 Å². The standard InChI is InChI=1S/C13H18N2O3/c1-8-6-9(2)14-11(8)12(16)15-5-3-4-10(7-15)13(17)18/h6,10,14H,3-5,7H2,1-2H3,(H,17,18)/t10-/m1/s1. The Bertz CT molecular complexity index is 479. The van der Waals surface area contributed by atoms with Crippen molar-refractivity contribution >= 4 is 11.9 Å². The van der Waals surface area contributed by atoms with Gasteiger partial charge in [0.25, 0.3) is 5.91 Å². The van der Waals surface area contributed by atoms with E-state index in [-0.39, 0.29) is 5.91 Å². The van der Waals surface area contributed by atoms with Crippen LogP contribution in [0.1, 0.15) is 34.6 Å². The number of carboxylic acids is 1. The Hall–Kier alpha value is -1.78. The first-order valence-electron chi connectivity index (χ1n) is 6.17. The average Bonchev–Trinajstić information content (AvgIpc) is 2.67. The summed E-state index contributed by atoms with van der Waals surface area (Å²) in [6, 6.07) is 1.92. The van der Waals surface area contributed by atoms with Gasteiger partial charge in [-0.3, -0.25) is 9.59 Å². The van der Waals surface area contributed by atoms with Gasteiger partial charge in [-0.1, -0.05) is 0 Å². The minimum Gasteiger partial charge on any atom is -0.481 e. The van der Waals surface area contributed by atoms with E-state index in [1.165, 1.54) is 0 Å². The van der Waals surface area contributed by atoms with Gasteiger partial charge < -0.3 is 15.0 Å². The number of carboxylic acid groups (broad SMARTS) is 1. The maximum absolute atomic E-state index is 12.3. The van der Waals surface area contributed by atoms with Crippen molar-refractivity contribution in [1.29, 1.82) is 0 Å². The number of likely N-dealkylation sites (tertiary alicyclic amines) is 1. The minimum atomic E-state index is -0.813. The molecule has 0 saturated carbocycles. The van der Waals surface area contributed by atoms with E-state index in [1.54, 1.807) is 4.90 Å². The van der Waals surface area contributed by atoms with E-state index in [2.05, 4.69) is 4.98 Å². The topological polar surface area (TPSA) is 73.4 Å². The van der Waals surface area contributed by atoms with Crippen LogP contribution in [0, 0.1) is 19.8 Å². The molecule has 5 heteroatoms. The molecular weight excluding hydrogens is 232 g/mol. The van der Waals surface area contributed by atoms with Gasteiger partial charge in [-0.15, -0.1) is 0 Å². The number of amides is 1. The third-order valence-corrected chi connectivity index (χ3v) is 3.42. The summed E-state index contributed by atoms with van der Waals surface area (Å²) in [6.45, 7) is 4.74. The molecule has 5 nitrogen and oxygen atoms in total. The highest BCUT2D eigenvalue weighted by Gasteiger charge is 2.29. The molecule has 2 heterocycles. The van der Waals surface area contributed by atoms with Gasteiger partial charge in [0.2, 0.25) is 0 Å². The number of nitrogens with one attached hydrogen (secondary N) is 1. The van der Waals surface area contributed by atoms with Crippen molar-refractivity contribution in [1.82, 2.24) is 9.88 Å². The average molecular weight is 250 g/mol. The number of carbonyl (C=O) groups is 2. The summed E-state index contributed by atoms with van der Waals surface area (Å²) in [4.78, 5) is 28.0. The molecule has 98 valence electrons. The molecule has 1 amide bonds.